The number of hydrogen-bond acceptors (Lipinski definition) is 6. The summed E-state index contributed by atoms with van der Waals surface area (Å²) >= 11 is 0. The predicted octanol–water partition coefficient (Wildman–Crippen LogP) is 5.91. The number of imidazole rings is 1. The second kappa shape index (κ2) is 12.8. The third-order valence-electron chi connectivity index (χ3n) is 10.0. The summed E-state index contributed by atoms with van der Waals surface area (Å²) in [7, 11) is 2.17. The lowest BCUT2D eigenvalue weighted by molar-refractivity contribution is 0.141. The number of aromatic nitrogens is 4. The lowest BCUT2D eigenvalue weighted by Gasteiger charge is -2.41. The van der Waals surface area contributed by atoms with Crippen LogP contribution in [-0.4, -0.2) is 106 Å². The number of rotatable bonds is 5. The Hall–Kier alpha value is -4.41. The fourth-order valence-corrected chi connectivity index (χ4v) is 7.30. The van der Waals surface area contributed by atoms with E-state index in [9.17, 15) is 0 Å². The van der Waals surface area contributed by atoms with Crippen molar-refractivity contribution >= 4 is 45.0 Å². The second-order valence-corrected chi connectivity index (χ2v) is 13.1. The van der Waals surface area contributed by atoms with Crippen molar-refractivity contribution in [3.05, 3.63) is 66.7 Å². The predicted molar refractivity (Wildman–Crippen MR) is 188 cm³/mol. The van der Waals surface area contributed by atoms with Gasteiger partial charge in [-0.3, -0.25) is 5.10 Å². The van der Waals surface area contributed by atoms with Crippen molar-refractivity contribution in [2.45, 2.75) is 38.1 Å². The number of aliphatic imine (C=N–C) groups is 1. The minimum atomic E-state index is 0.744. The third kappa shape index (κ3) is 6.07. The molecule has 0 bridgehead atoms. The van der Waals surface area contributed by atoms with Gasteiger partial charge in [0.1, 0.15) is 5.69 Å². The Morgan fingerprint density at radius 2 is 1.63 bits per heavy atom. The first-order chi connectivity index (χ1) is 22.7. The monoisotopic (exact) mass is 616 g/mol. The molecule has 0 atom stereocenters. The van der Waals surface area contributed by atoms with E-state index < -0.39 is 0 Å². The minimum absolute atomic E-state index is 0.744. The molecule has 46 heavy (non-hydrogen) atoms. The zero-order chi connectivity index (χ0) is 30.9. The molecule has 238 valence electrons. The number of aromatic amines is 2. The van der Waals surface area contributed by atoms with Crippen LogP contribution in [-0.2, 0) is 0 Å². The van der Waals surface area contributed by atoms with Crippen LogP contribution in [0.1, 0.15) is 32.1 Å². The lowest BCUT2D eigenvalue weighted by Crippen LogP contribution is -2.49. The Balaban J connectivity index is 1.03. The second-order valence-electron chi connectivity index (χ2n) is 13.1. The summed E-state index contributed by atoms with van der Waals surface area (Å²) in [5, 5.41) is 12.6. The van der Waals surface area contributed by atoms with Crippen LogP contribution < -0.4 is 10.2 Å². The number of nitrogens with zero attached hydrogens (tertiary/aromatic N) is 7. The Morgan fingerprint density at radius 3 is 2.43 bits per heavy atom. The van der Waals surface area contributed by atoms with Crippen molar-refractivity contribution in [3.8, 4) is 11.5 Å². The van der Waals surface area contributed by atoms with E-state index >= 15 is 0 Å². The molecule has 3 saturated heterocycles. The van der Waals surface area contributed by atoms with E-state index in [-0.39, 0.29) is 0 Å². The quantitative estimate of drug-likeness (QED) is 0.167. The van der Waals surface area contributed by atoms with Gasteiger partial charge in [-0.2, -0.15) is 5.10 Å². The van der Waals surface area contributed by atoms with Gasteiger partial charge in [0.15, 0.2) is 5.82 Å². The first-order valence-corrected chi connectivity index (χ1v) is 17.0. The molecule has 3 N–H and O–H groups in total. The summed E-state index contributed by atoms with van der Waals surface area (Å²) < 4.78 is 0. The molecule has 0 spiro atoms. The minimum Gasteiger partial charge on any atom is -0.371 e. The summed E-state index contributed by atoms with van der Waals surface area (Å²) in [4.78, 5) is 23.6. The van der Waals surface area contributed by atoms with Gasteiger partial charge < -0.3 is 29.9 Å². The summed E-state index contributed by atoms with van der Waals surface area (Å²) in [6, 6.07) is 23.8. The van der Waals surface area contributed by atoms with Crippen LogP contribution in [0.15, 0.2) is 71.7 Å². The lowest BCUT2D eigenvalue weighted by atomic mass is 9.99. The number of hydrogen-bond donors (Lipinski definition) is 3. The largest absolute Gasteiger partial charge is 0.371 e. The zero-order valence-electron chi connectivity index (χ0n) is 26.8. The fraction of sp³-hybridized carbons (Fsp3) is 0.417. The van der Waals surface area contributed by atoms with E-state index in [2.05, 4.69) is 78.4 Å². The van der Waals surface area contributed by atoms with Gasteiger partial charge in [-0.15, -0.1) is 0 Å². The van der Waals surface area contributed by atoms with Crippen LogP contribution in [0, 0.1) is 0 Å². The number of likely N-dealkylation sites (N-methyl/N-ethyl adjacent to an activating group) is 1. The zero-order valence-corrected chi connectivity index (χ0v) is 26.8. The number of piperazine rings is 1. The molecule has 10 heteroatoms. The molecule has 5 aromatic rings. The van der Waals surface area contributed by atoms with Gasteiger partial charge in [-0.1, -0.05) is 24.6 Å². The topological polar surface area (TPSA) is 94.7 Å². The molecule has 3 aliphatic rings. The normalized spacial score (nSPS) is 19.4. The molecule has 2 aromatic heterocycles. The van der Waals surface area contributed by atoms with E-state index in [1.807, 2.05) is 30.3 Å². The number of para-hydroxylation sites is 1. The molecule has 5 heterocycles. The molecule has 0 unspecified atom stereocenters. The van der Waals surface area contributed by atoms with Crippen molar-refractivity contribution in [1.29, 1.82) is 0 Å². The average molecular weight is 617 g/mol. The first-order valence-electron chi connectivity index (χ1n) is 17.0. The first kappa shape index (κ1) is 29.0. The van der Waals surface area contributed by atoms with E-state index in [4.69, 9.17) is 15.1 Å². The van der Waals surface area contributed by atoms with Gasteiger partial charge in [0, 0.05) is 62.1 Å². The molecule has 10 nitrogen and oxygen atoms in total. The molecule has 3 fully saturated rings. The Kier molecular flexibility index (Phi) is 8.06. The van der Waals surface area contributed by atoms with Gasteiger partial charge in [-0.05, 0) is 94.4 Å². The Labute approximate surface area is 270 Å². The SMILES string of the molecule is CN1CCN(/C(=N\c2ccccc2)Nc2ccc3[nH]nc(-c4nc5ccc(N6CCC(N7CCCCC7)CC6)cc5[nH]4)c3c2)CC1. The van der Waals surface area contributed by atoms with E-state index in [1.54, 1.807) is 0 Å². The molecule has 0 radical (unpaired) electrons. The van der Waals surface area contributed by atoms with E-state index in [0.29, 0.717) is 0 Å². The molecule has 3 aliphatic heterocycles. The van der Waals surface area contributed by atoms with Crippen LogP contribution >= 0.6 is 0 Å². The number of H-pyrrole nitrogens is 2. The molecule has 3 aromatic carbocycles. The molecule has 0 saturated carbocycles. The van der Waals surface area contributed by atoms with Crippen molar-refractivity contribution in [2.75, 3.05) is 69.6 Å². The van der Waals surface area contributed by atoms with Gasteiger partial charge in [0.2, 0.25) is 5.96 Å². The van der Waals surface area contributed by atoms with Crippen LogP contribution in [0.5, 0.6) is 0 Å². The number of guanidine groups is 1. The van der Waals surface area contributed by atoms with Crippen molar-refractivity contribution < 1.29 is 0 Å². The Morgan fingerprint density at radius 1 is 0.826 bits per heavy atom. The molecule has 0 aliphatic carbocycles. The smallest absolute Gasteiger partial charge is 0.203 e. The van der Waals surface area contributed by atoms with Crippen LogP contribution in [0.25, 0.3) is 33.5 Å². The number of fused-ring (bicyclic) bond motifs is 2. The number of piperidine rings is 2. The summed E-state index contributed by atoms with van der Waals surface area (Å²) in [5.41, 5.74) is 6.96. The standard InChI is InChI=1S/C36H44N10/c1-43-20-22-46(23-21-43)36(37-26-8-4-2-5-9-26)38-27-10-12-31-30(24-27)34(42-41-31)35-39-32-13-11-29(25-33(32)40-35)45-18-14-28(15-19-45)44-16-6-3-7-17-44/h2,4-5,8-13,24-25,28H,3,6-7,14-23H2,1H3,(H,37,38)(H,39,40)(H,41,42). The van der Waals surface area contributed by atoms with Crippen LogP contribution in [0.2, 0.25) is 0 Å². The number of likely N-dealkylation sites (tertiary alicyclic amines) is 1. The van der Waals surface area contributed by atoms with Gasteiger partial charge >= 0.3 is 0 Å². The Bertz CT molecular complexity index is 1800. The van der Waals surface area contributed by atoms with Crippen molar-refractivity contribution in [1.82, 2.24) is 34.9 Å². The van der Waals surface area contributed by atoms with Gasteiger partial charge in [0.05, 0.1) is 22.2 Å². The van der Waals surface area contributed by atoms with Gasteiger partial charge in [0.25, 0.3) is 0 Å². The highest BCUT2D eigenvalue weighted by atomic mass is 15.3. The van der Waals surface area contributed by atoms with Crippen LogP contribution in [0.4, 0.5) is 17.1 Å². The summed E-state index contributed by atoms with van der Waals surface area (Å²) in [6.07, 6.45) is 6.61. The maximum absolute atomic E-state index is 5.02. The molecule has 0 amide bonds. The highest BCUT2D eigenvalue weighted by molar-refractivity contribution is 6.00. The maximum Gasteiger partial charge on any atom is 0.203 e. The fourth-order valence-electron chi connectivity index (χ4n) is 7.30. The third-order valence-corrected chi connectivity index (χ3v) is 10.0. The summed E-state index contributed by atoms with van der Waals surface area (Å²) in [5.74, 6) is 1.64. The number of nitrogens with one attached hydrogen (secondary N) is 3. The van der Waals surface area contributed by atoms with E-state index in [0.717, 1.165) is 96.1 Å². The number of benzene rings is 3. The molecular weight excluding hydrogens is 572 g/mol. The van der Waals surface area contributed by atoms with Gasteiger partial charge in [-0.25, -0.2) is 9.98 Å². The van der Waals surface area contributed by atoms with Crippen LogP contribution in [0.3, 0.4) is 0 Å². The van der Waals surface area contributed by atoms with Crippen molar-refractivity contribution in [3.63, 3.8) is 0 Å². The molecular formula is C36H44N10. The number of anilines is 2. The maximum atomic E-state index is 5.02. The highest BCUT2D eigenvalue weighted by Crippen LogP contribution is 2.31. The molecule has 8 rings (SSSR count). The average Bonchev–Trinajstić information content (AvgIpc) is 3.73. The summed E-state index contributed by atoms with van der Waals surface area (Å²) in [6.45, 7) is 8.64. The van der Waals surface area contributed by atoms with Crippen molar-refractivity contribution in [2.24, 2.45) is 4.99 Å². The highest BCUT2D eigenvalue weighted by Gasteiger charge is 2.26. The van der Waals surface area contributed by atoms with E-state index in [1.165, 1.54) is 50.9 Å².